The maximum Gasteiger partial charge on any atom is 0.107 e. The van der Waals surface area contributed by atoms with E-state index in [1.807, 2.05) is 11.3 Å². The molecule has 1 aliphatic heterocycles. The number of aryl methyl sites for hydroxylation is 1. The van der Waals surface area contributed by atoms with Gasteiger partial charge in [0.05, 0.1) is 12.2 Å². The lowest BCUT2D eigenvalue weighted by molar-refractivity contribution is 0.276. The van der Waals surface area contributed by atoms with E-state index in [1.54, 1.807) is 0 Å². The summed E-state index contributed by atoms with van der Waals surface area (Å²) in [4.78, 5) is 9.01. The van der Waals surface area contributed by atoms with Crippen LogP contribution in [0.3, 0.4) is 0 Å². The number of likely N-dealkylation sites (tertiary alicyclic amines) is 1. The van der Waals surface area contributed by atoms with Crippen LogP contribution in [0.5, 0.6) is 0 Å². The molecular formula is C17H31N3S. The van der Waals surface area contributed by atoms with E-state index in [9.17, 15) is 0 Å². The molecule has 0 unspecified atom stereocenters. The normalized spacial score (nSPS) is 17.0. The lowest BCUT2D eigenvalue weighted by atomic mass is 10.2. The topological polar surface area (TPSA) is 28.2 Å². The van der Waals surface area contributed by atoms with Gasteiger partial charge in [0.15, 0.2) is 0 Å². The second-order valence-corrected chi connectivity index (χ2v) is 7.26. The van der Waals surface area contributed by atoms with Gasteiger partial charge in [-0.05, 0) is 45.3 Å². The van der Waals surface area contributed by atoms with Crippen LogP contribution < -0.4 is 5.32 Å². The van der Waals surface area contributed by atoms with Gasteiger partial charge in [0.25, 0.3) is 0 Å². The highest BCUT2D eigenvalue weighted by Crippen LogP contribution is 2.22. The van der Waals surface area contributed by atoms with Crippen molar-refractivity contribution in [2.24, 2.45) is 0 Å². The van der Waals surface area contributed by atoms with E-state index in [-0.39, 0.29) is 0 Å². The third kappa shape index (κ3) is 5.68. The highest BCUT2D eigenvalue weighted by atomic mass is 32.1. The van der Waals surface area contributed by atoms with Crippen molar-refractivity contribution in [1.29, 1.82) is 0 Å². The predicted octanol–water partition coefficient (Wildman–Crippen LogP) is 3.97. The third-order valence-electron chi connectivity index (χ3n) is 4.08. The summed E-state index contributed by atoms with van der Waals surface area (Å²) in [5, 5.41) is 4.86. The van der Waals surface area contributed by atoms with Crippen molar-refractivity contribution in [3.05, 3.63) is 15.6 Å². The predicted molar refractivity (Wildman–Crippen MR) is 91.9 cm³/mol. The summed E-state index contributed by atoms with van der Waals surface area (Å²) < 4.78 is 0. The SMILES string of the molecule is CCCNCc1sc(CN2CCCCCC2)nc1CCC. The molecule has 1 saturated heterocycles. The van der Waals surface area contributed by atoms with Crippen LogP contribution in [0.25, 0.3) is 0 Å². The molecule has 0 bridgehead atoms. The lowest BCUT2D eigenvalue weighted by Gasteiger charge is -2.17. The first-order valence-corrected chi connectivity index (χ1v) is 9.55. The van der Waals surface area contributed by atoms with Gasteiger partial charge in [0, 0.05) is 11.4 Å². The van der Waals surface area contributed by atoms with Gasteiger partial charge in [0.2, 0.25) is 0 Å². The molecule has 1 aromatic heterocycles. The van der Waals surface area contributed by atoms with Crippen LogP contribution in [0.1, 0.15) is 68.0 Å². The van der Waals surface area contributed by atoms with Gasteiger partial charge < -0.3 is 5.32 Å². The molecule has 120 valence electrons. The molecule has 1 N–H and O–H groups in total. The average Bonchev–Trinajstić information content (AvgIpc) is 2.69. The first-order valence-electron chi connectivity index (χ1n) is 8.74. The highest BCUT2D eigenvalue weighted by Gasteiger charge is 2.14. The second-order valence-electron chi connectivity index (χ2n) is 6.09. The maximum atomic E-state index is 4.94. The Morgan fingerprint density at radius 2 is 1.86 bits per heavy atom. The van der Waals surface area contributed by atoms with Gasteiger partial charge in [-0.15, -0.1) is 11.3 Å². The van der Waals surface area contributed by atoms with Crippen molar-refractivity contribution in [3.8, 4) is 0 Å². The van der Waals surface area contributed by atoms with Crippen LogP contribution in [-0.4, -0.2) is 29.5 Å². The monoisotopic (exact) mass is 309 g/mol. The van der Waals surface area contributed by atoms with Crippen molar-refractivity contribution in [2.45, 2.75) is 71.9 Å². The Labute approximate surface area is 134 Å². The fourth-order valence-electron chi connectivity index (χ4n) is 2.94. The van der Waals surface area contributed by atoms with E-state index < -0.39 is 0 Å². The number of hydrogen-bond donors (Lipinski definition) is 1. The molecule has 0 amide bonds. The van der Waals surface area contributed by atoms with E-state index in [4.69, 9.17) is 4.98 Å². The van der Waals surface area contributed by atoms with Gasteiger partial charge in [-0.3, -0.25) is 4.90 Å². The zero-order chi connectivity index (χ0) is 14.9. The van der Waals surface area contributed by atoms with E-state index in [2.05, 4.69) is 24.1 Å². The van der Waals surface area contributed by atoms with Gasteiger partial charge >= 0.3 is 0 Å². The molecule has 0 spiro atoms. The van der Waals surface area contributed by atoms with Crippen LogP contribution in [0, 0.1) is 0 Å². The second kappa shape index (κ2) is 9.54. The van der Waals surface area contributed by atoms with Gasteiger partial charge in [-0.1, -0.05) is 33.1 Å². The molecule has 2 rings (SSSR count). The average molecular weight is 310 g/mol. The molecule has 0 aliphatic carbocycles. The van der Waals surface area contributed by atoms with Gasteiger partial charge in [0.1, 0.15) is 5.01 Å². The number of thiazole rings is 1. The Hall–Kier alpha value is -0.450. The highest BCUT2D eigenvalue weighted by molar-refractivity contribution is 7.11. The molecule has 1 aliphatic rings. The minimum atomic E-state index is 1.00. The Balaban J connectivity index is 1.96. The first kappa shape index (κ1) is 16.9. The van der Waals surface area contributed by atoms with Crippen molar-refractivity contribution < 1.29 is 0 Å². The number of nitrogens with one attached hydrogen (secondary N) is 1. The molecule has 21 heavy (non-hydrogen) atoms. The van der Waals surface area contributed by atoms with Crippen molar-refractivity contribution in [3.63, 3.8) is 0 Å². The van der Waals surface area contributed by atoms with Gasteiger partial charge in [-0.2, -0.15) is 0 Å². The summed E-state index contributed by atoms with van der Waals surface area (Å²) >= 11 is 1.94. The first-order chi connectivity index (χ1) is 10.3. The molecule has 0 aromatic carbocycles. The van der Waals surface area contributed by atoms with E-state index in [0.29, 0.717) is 0 Å². The standard InChI is InChI=1S/C17H31N3S/c1-3-9-15-16(13-18-10-4-2)21-17(19-15)14-20-11-7-5-6-8-12-20/h18H,3-14H2,1-2H3. The van der Waals surface area contributed by atoms with Crippen molar-refractivity contribution >= 4 is 11.3 Å². The molecule has 3 nitrogen and oxygen atoms in total. The fourth-order valence-corrected chi connectivity index (χ4v) is 4.07. The van der Waals surface area contributed by atoms with E-state index >= 15 is 0 Å². The molecule has 1 fully saturated rings. The molecule has 0 saturated carbocycles. The minimum absolute atomic E-state index is 1.00. The number of rotatable bonds is 8. The summed E-state index contributed by atoms with van der Waals surface area (Å²) in [6.07, 6.45) is 9.04. The zero-order valence-corrected chi connectivity index (χ0v) is 14.6. The van der Waals surface area contributed by atoms with E-state index in [0.717, 1.165) is 26.1 Å². The number of nitrogens with zero attached hydrogens (tertiary/aromatic N) is 2. The van der Waals surface area contributed by atoms with Gasteiger partial charge in [-0.25, -0.2) is 4.98 Å². The molecular weight excluding hydrogens is 278 g/mol. The molecule has 2 heterocycles. The number of aromatic nitrogens is 1. The Kier molecular flexibility index (Phi) is 7.69. The quantitative estimate of drug-likeness (QED) is 0.736. The summed E-state index contributed by atoms with van der Waals surface area (Å²) in [5.41, 5.74) is 1.34. The Morgan fingerprint density at radius 1 is 1.10 bits per heavy atom. The maximum absolute atomic E-state index is 4.94. The van der Waals surface area contributed by atoms with Crippen LogP contribution in [0.2, 0.25) is 0 Å². The summed E-state index contributed by atoms with van der Waals surface area (Å²) in [6.45, 7) is 10.1. The number of hydrogen-bond acceptors (Lipinski definition) is 4. The van der Waals surface area contributed by atoms with Crippen molar-refractivity contribution in [1.82, 2.24) is 15.2 Å². The van der Waals surface area contributed by atoms with Crippen LogP contribution in [-0.2, 0) is 19.5 Å². The third-order valence-corrected chi connectivity index (χ3v) is 5.16. The van der Waals surface area contributed by atoms with Crippen LogP contribution in [0.4, 0.5) is 0 Å². The molecule has 4 heteroatoms. The Bertz CT molecular complexity index is 395. The van der Waals surface area contributed by atoms with Crippen molar-refractivity contribution in [2.75, 3.05) is 19.6 Å². The fraction of sp³-hybridized carbons (Fsp3) is 0.824. The minimum Gasteiger partial charge on any atom is -0.312 e. The van der Waals surface area contributed by atoms with Crippen LogP contribution >= 0.6 is 11.3 Å². The summed E-state index contributed by atoms with van der Waals surface area (Å²) in [7, 11) is 0. The Morgan fingerprint density at radius 3 is 2.52 bits per heavy atom. The molecule has 0 atom stereocenters. The lowest BCUT2D eigenvalue weighted by Crippen LogP contribution is -2.23. The largest absolute Gasteiger partial charge is 0.312 e. The zero-order valence-electron chi connectivity index (χ0n) is 13.8. The molecule has 0 radical (unpaired) electrons. The molecule has 1 aromatic rings. The smallest absolute Gasteiger partial charge is 0.107 e. The van der Waals surface area contributed by atoms with E-state index in [1.165, 1.54) is 67.2 Å². The summed E-state index contributed by atoms with van der Waals surface area (Å²) in [5.74, 6) is 0. The van der Waals surface area contributed by atoms with Crippen LogP contribution in [0.15, 0.2) is 0 Å². The summed E-state index contributed by atoms with van der Waals surface area (Å²) in [6, 6.07) is 0.